The van der Waals surface area contributed by atoms with Gasteiger partial charge in [-0.2, -0.15) is 0 Å². The van der Waals surface area contributed by atoms with Gasteiger partial charge < -0.3 is 35.0 Å². The van der Waals surface area contributed by atoms with Crippen molar-refractivity contribution in [3.63, 3.8) is 0 Å². The molecular weight excluding hydrogens is 692 g/mol. The molecule has 0 spiro atoms. The van der Waals surface area contributed by atoms with Crippen molar-refractivity contribution in [3.8, 4) is 38.8 Å². The molecule has 5 N–H and O–H groups in total. The van der Waals surface area contributed by atoms with Crippen LogP contribution in [-0.2, 0) is 25.7 Å². The minimum Gasteiger partial charge on any atom is -0.508 e. The second kappa shape index (κ2) is 18.4. The highest BCUT2D eigenvalue weighted by molar-refractivity contribution is 7.23. The van der Waals surface area contributed by atoms with Gasteiger partial charge in [0.2, 0.25) is 0 Å². The number of carbonyl (C=O) groups is 4. The number of carboxylic acid groups (broad SMARTS) is 4. The van der Waals surface area contributed by atoms with Crippen LogP contribution in [0.2, 0.25) is 0 Å². The number of phenols is 1. The van der Waals surface area contributed by atoms with Crippen molar-refractivity contribution in [1.82, 2.24) is 9.80 Å². The van der Waals surface area contributed by atoms with E-state index in [0.29, 0.717) is 12.4 Å². The summed E-state index contributed by atoms with van der Waals surface area (Å²) < 4.78 is 13.1. The van der Waals surface area contributed by atoms with Crippen LogP contribution in [0.5, 0.6) is 17.2 Å². The van der Waals surface area contributed by atoms with Gasteiger partial charge in [0, 0.05) is 33.6 Å². The molecular formula is C38H44N2O11S. The molecule has 0 aliphatic carbocycles. The van der Waals surface area contributed by atoms with Crippen molar-refractivity contribution in [3.05, 3.63) is 65.2 Å². The summed E-state index contributed by atoms with van der Waals surface area (Å²) in [4.78, 5) is 42.6. The maximum absolute atomic E-state index is 10.3. The van der Waals surface area contributed by atoms with Crippen molar-refractivity contribution < 1.29 is 54.2 Å². The summed E-state index contributed by atoms with van der Waals surface area (Å²) in [5, 5.41) is 41.0. The van der Waals surface area contributed by atoms with E-state index in [1.165, 1.54) is 84.6 Å². The first-order valence-corrected chi connectivity index (χ1v) is 17.7. The number of hydrogen-bond acceptors (Lipinski definition) is 10. The number of likely N-dealkylation sites (tertiary alicyclic amines) is 2. The highest BCUT2D eigenvalue weighted by Crippen LogP contribution is 2.48. The van der Waals surface area contributed by atoms with Crippen molar-refractivity contribution in [2.24, 2.45) is 0 Å². The molecule has 0 atom stereocenters. The highest BCUT2D eigenvalue weighted by Gasteiger charge is 2.22. The third-order valence-electron chi connectivity index (χ3n) is 9.09. The summed E-state index contributed by atoms with van der Waals surface area (Å²) in [6.07, 6.45) is 5.18. The number of benzene rings is 3. The number of thiophene rings is 1. The number of rotatable bonds is 9. The van der Waals surface area contributed by atoms with E-state index in [2.05, 4.69) is 54.0 Å². The van der Waals surface area contributed by atoms with Crippen molar-refractivity contribution in [1.29, 1.82) is 0 Å². The lowest BCUT2D eigenvalue weighted by molar-refractivity contribution is -0.159. The molecule has 0 radical (unpaired) electrons. The Morgan fingerprint density at radius 1 is 0.731 bits per heavy atom. The van der Waals surface area contributed by atoms with Gasteiger partial charge in [0.1, 0.15) is 12.4 Å². The number of aromatic hydroxyl groups is 1. The van der Waals surface area contributed by atoms with Crippen molar-refractivity contribution in [2.75, 3.05) is 46.4 Å². The number of hydrogen-bond donors (Lipinski definition) is 5. The van der Waals surface area contributed by atoms with Crippen LogP contribution in [0.15, 0.2) is 48.5 Å². The summed E-state index contributed by atoms with van der Waals surface area (Å²) in [6, 6.07) is 16.6. The van der Waals surface area contributed by atoms with Crippen LogP contribution in [0.4, 0.5) is 0 Å². The number of methoxy groups -OCH3 is 1. The minimum absolute atomic E-state index is 0.292. The Morgan fingerprint density at radius 2 is 1.33 bits per heavy atom. The number of aliphatic carboxylic acids is 4. The fourth-order valence-corrected chi connectivity index (χ4v) is 7.52. The van der Waals surface area contributed by atoms with Crippen LogP contribution in [0.1, 0.15) is 42.4 Å². The number of nitrogens with zero attached hydrogens (tertiary/aromatic N) is 2. The molecule has 1 aromatic heterocycles. The molecule has 13 nitrogen and oxygen atoms in total. The smallest absolute Gasteiger partial charge is 0.414 e. The zero-order valence-electron chi connectivity index (χ0n) is 29.4. The first-order valence-electron chi connectivity index (χ1n) is 16.8. The van der Waals surface area contributed by atoms with E-state index in [-0.39, 0.29) is 0 Å². The Kier molecular flexibility index (Phi) is 14.0. The minimum atomic E-state index is -1.82. The maximum Gasteiger partial charge on any atom is 0.414 e. The molecule has 0 saturated carbocycles. The molecule has 2 fully saturated rings. The third-order valence-corrected chi connectivity index (χ3v) is 10.3. The Hall–Kier alpha value is -5.18. The van der Waals surface area contributed by atoms with E-state index in [1.807, 2.05) is 12.1 Å². The molecule has 3 aromatic carbocycles. The topological polar surface area (TPSA) is 194 Å². The Morgan fingerprint density at radius 3 is 1.90 bits per heavy atom. The number of ether oxygens (including phenoxy) is 2. The van der Waals surface area contributed by atoms with Gasteiger partial charge in [-0.25, -0.2) is 19.2 Å². The molecule has 278 valence electrons. The van der Waals surface area contributed by atoms with E-state index in [9.17, 15) is 5.11 Å². The van der Waals surface area contributed by atoms with Gasteiger partial charge in [-0.3, -0.25) is 9.80 Å². The predicted octanol–water partition coefficient (Wildman–Crippen LogP) is 5.95. The monoisotopic (exact) mass is 736 g/mol. The van der Waals surface area contributed by atoms with Crippen molar-refractivity contribution >= 4 is 45.3 Å². The first kappa shape index (κ1) is 39.6. The van der Waals surface area contributed by atoms with E-state index in [0.717, 1.165) is 40.2 Å². The van der Waals surface area contributed by atoms with Crippen molar-refractivity contribution in [2.45, 2.75) is 46.1 Å². The summed E-state index contributed by atoms with van der Waals surface area (Å²) in [5.41, 5.74) is 7.67. The SMILES string of the molecule is COc1cc(-c2sc3cc(O)ccc3c2-c2ccc(CN3CCCC3)c(C)c2C)ccc1OCCN1CCCC1.O=C(O)C(=O)O.O=C(O)C(=O)O. The van der Waals surface area contributed by atoms with Crippen LogP contribution in [-0.4, -0.2) is 106 Å². The number of fused-ring (bicyclic) bond motifs is 1. The second-order valence-electron chi connectivity index (χ2n) is 12.5. The van der Waals surface area contributed by atoms with Gasteiger partial charge in [-0.15, -0.1) is 11.3 Å². The van der Waals surface area contributed by atoms with Gasteiger partial charge >= 0.3 is 23.9 Å². The standard InChI is InChI=1S/C34H40N2O3S.2C2H2O4/c1-23-24(2)28(11-8-26(23)22-36-16-6-7-17-36)33-29-12-10-27(37)21-32(29)40-34(33)25-9-13-30(31(20-25)38-3)39-19-18-35-14-4-5-15-35;2*3-1(4)2(5)6/h8-13,20-21,37H,4-7,14-19,22H2,1-3H3;2*(H,3,4)(H,5,6). The highest BCUT2D eigenvalue weighted by atomic mass is 32.1. The van der Waals surface area contributed by atoms with Crippen LogP contribution in [0.3, 0.4) is 0 Å². The van der Waals surface area contributed by atoms with E-state index >= 15 is 0 Å². The van der Waals surface area contributed by atoms with Gasteiger partial charge in [0.15, 0.2) is 11.5 Å². The average Bonchev–Trinajstić information content (AvgIpc) is 3.90. The van der Waals surface area contributed by atoms with Crippen LogP contribution in [0.25, 0.3) is 31.7 Å². The lowest BCUT2D eigenvalue weighted by atomic mass is 9.90. The summed E-state index contributed by atoms with van der Waals surface area (Å²) in [7, 11) is 1.71. The van der Waals surface area contributed by atoms with Gasteiger partial charge in [-0.05, 0) is 130 Å². The zero-order chi connectivity index (χ0) is 37.9. The van der Waals surface area contributed by atoms with Gasteiger partial charge in [0.25, 0.3) is 0 Å². The molecule has 2 aliphatic rings. The molecule has 0 amide bonds. The number of phenolic OH excluding ortho intramolecular Hbond substituents is 1. The van der Waals surface area contributed by atoms with Gasteiger partial charge in [0.05, 0.1) is 7.11 Å². The molecule has 2 aliphatic heterocycles. The fourth-order valence-electron chi connectivity index (χ4n) is 6.28. The quantitative estimate of drug-likeness (QED) is 0.127. The zero-order valence-corrected chi connectivity index (χ0v) is 30.2. The molecule has 3 heterocycles. The van der Waals surface area contributed by atoms with E-state index in [1.54, 1.807) is 24.5 Å². The average molecular weight is 737 g/mol. The first-order chi connectivity index (χ1) is 24.8. The third kappa shape index (κ3) is 10.2. The Bertz CT molecular complexity index is 1860. The summed E-state index contributed by atoms with van der Waals surface area (Å²) in [5.74, 6) is -5.47. The maximum atomic E-state index is 10.3. The molecule has 4 aromatic rings. The largest absolute Gasteiger partial charge is 0.508 e. The Labute approximate surface area is 305 Å². The predicted molar refractivity (Wildman–Crippen MR) is 197 cm³/mol. The van der Waals surface area contributed by atoms with E-state index in [4.69, 9.17) is 49.1 Å². The van der Waals surface area contributed by atoms with Crippen LogP contribution >= 0.6 is 11.3 Å². The normalized spacial score (nSPS) is 14.2. The fraction of sp³-hybridized carbons (Fsp3) is 0.368. The van der Waals surface area contributed by atoms with Gasteiger partial charge in [-0.1, -0.05) is 12.1 Å². The summed E-state index contributed by atoms with van der Waals surface area (Å²) in [6.45, 7) is 11.9. The number of carboxylic acids is 4. The second-order valence-corrected chi connectivity index (χ2v) is 13.5. The summed E-state index contributed by atoms with van der Waals surface area (Å²) >= 11 is 1.72. The lowest BCUT2D eigenvalue weighted by Crippen LogP contribution is -2.25. The molecule has 6 rings (SSSR count). The Balaban J connectivity index is 0.000000436. The van der Waals surface area contributed by atoms with Crippen LogP contribution in [0, 0.1) is 13.8 Å². The lowest BCUT2D eigenvalue weighted by Gasteiger charge is -2.20. The molecule has 14 heteroatoms. The molecule has 0 unspecified atom stereocenters. The molecule has 52 heavy (non-hydrogen) atoms. The molecule has 0 bridgehead atoms. The van der Waals surface area contributed by atoms with Crippen LogP contribution < -0.4 is 9.47 Å². The molecule has 2 saturated heterocycles. The van der Waals surface area contributed by atoms with E-state index < -0.39 is 23.9 Å².